The van der Waals surface area contributed by atoms with Crippen molar-refractivity contribution in [2.24, 2.45) is 0 Å². The van der Waals surface area contributed by atoms with Gasteiger partial charge in [0.15, 0.2) is 0 Å². The number of benzene rings is 1. The molecule has 3 heterocycles. The predicted octanol–water partition coefficient (Wildman–Crippen LogP) is 3.49. The van der Waals surface area contributed by atoms with Crippen LogP contribution >= 0.6 is 11.6 Å². The second-order valence-electron chi connectivity index (χ2n) is 6.04. The highest BCUT2D eigenvalue weighted by atomic mass is 35.5. The van der Waals surface area contributed by atoms with Crippen LogP contribution in [0.2, 0.25) is 5.02 Å². The summed E-state index contributed by atoms with van der Waals surface area (Å²) in [4.78, 5) is 4.11. The molecule has 2 aromatic heterocycles. The van der Waals surface area contributed by atoms with Crippen molar-refractivity contribution in [1.82, 2.24) is 20.1 Å². The molecule has 1 aliphatic rings. The zero-order valence-electron chi connectivity index (χ0n) is 13.4. The van der Waals surface area contributed by atoms with Crippen molar-refractivity contribution < 1.29 is 0 Å². The molecule has 1 N–H and O–H groups in total. The third-order valence-electron chi connectivity index (χ3n) is 4.49. The van der Waals surface area contributed by atoms with Crippen LogP contribution < -0.4 is 5.32 Å². The van der Waals surface area contributed by atoms with Crippen LogP contribution in [-0.2, 0) is 25.9 Å². The van der Waals surface area contributed by atoms with E-state index in [9.17, 15) is 0 Å². The summed E-state index contributed by atoms with van der Waals surface area (Å²) in [6.45, 7) is 2.78. The number of hydrogen-bond donors (Lipinski definition) is 1. The molecule has 0 amide bonds. The van der Waals surface area contributed by atoms with E-state index in [-0.39, 0.29) is 0 Å². The van der Waals surface area contributed by atoms with Gasteiger partial charge < -0.3 is 5.32 Å². The summed E-state index contributed by atoms with van der Waals surface area (Å²) < 4.78 is 2.18. The lowest BCUT2D eigenvalue weighted by molar-refractivity contribution is 0.551. The minimum atomic E-state index is 0.779. The quantitative estimate of drug-likeness (QED) is 0.792. The molecule has 4 nitrogen and oxygen atoms in total. The lowest BCUT2D eigenvalue weighted by Crippen LogP contribution is -2.25. The number of hydrogen-bond acceptors (Lipinski definition) is 3. The summed E-state index contributed by atoms with van der Waals surface area (Å²) in [6.07, 6.45) is 5.62. The van der Waals surface area contributed by atoms with Crippen molar-refractivity contribution >= 4 is 11.6 Å². The number of fused-ring (bicyclic) bond motifs is 1. The smallest absolute Gasteiger partial charge is 0.0972 e. The molecule has 1 aromatic carbocycles. The van der Waals surface area contributed by atoms with Crippen molar-refractivity contribution in [1.29, 1.82) is 0 Å². The molecule has 0 spiro atoms. The highest BCUT2D eigenvalue weighted by molar-refractivity contribution is 6.30. The fourth-order valence-corrected chi connectivity index (χ4v) is 3.36. The minimum absolute atomic E-state index is 0.779. The predicted molar refractivity (Wildman–Crippen MR) is 96.0 cm³/mol. The summed E-state index contributed by atoms with van der Waals surface area (Å²) in [5, 5.41) is 9.16. The van der Waals surface area contributed by atoms with Gasteiger partial charge in [-0.2, -0.15) is 5.10 Å². The molecule has 0 radical (unpaired) electrons. The van der Waals surface area contributed by atoms with Crippen LogP contribution in [-0.4, -0.2) is 21.3 Å². The Labute approximate surface area is 146 Å². The van der Waals surface area contributed by atoms with Crippen LogP contribution in [0.15, 0.2) is 48.8 Å². The largest absolute Gasteiger partial charge is 0.312 e. The Balaban J connectivity index is 1.63. The van der Waals surface area contributed by atoms with Gasteiger partial charge in [-0.15, -0.1) is 0 Å². The van der Waals surface area contributed by atoms with Gasteiger partial charge in [-0.05, 0) is 36.2 Å². The molecule has 0 unspecified atom stereocenters. The summed E-state index contributed by atoms with van der Waals surface area (Å²) in [6, 6.07) is 12.1. The van der Waals surface area contributed by atoms with Crippen LogP contribution in [0.1, 0.15) is 16.8 Å². The molecule has 0 atom stereocenters. The molecule has 0 bridgehead atoms. The first-order valence-electron chi connectivity index (χ1n) is 8.25. The Kier molecular flexibility index (Phi) is 4.32. The van der Waals surface area contributed by atoms with E-state index in [0.717, 1.165) is 48.8 Å². The van der Waals surface area contributed by atoms with Crippen molar-refractivity contribution in [2.45, 2.75) is 25.9 Å². The van der Waals surface area contributed by atoms with Crippen molar-refractivity contribution in [3.63, 3.8) is 0 Å². The van der Waals surface area contributed by atoms with Crippen LogP contribution in [0.4, 0.5) is 0 Å². The molecule has 3 aromatic rings. The van der Waals surface area contributed by atoms with Gasteiger partial charge in [-0.3, -0.25) is 9.67 Å². The van der Waals surface area contributed by atoms with Gasteiger partial charge in [0.25, 0.3) is 0 Å². The first-order chi connectivity index (χ1) is 11.8. The summed E-state index contributed by atoms with van der Waals surface area (Å²) in [7, 11) is 0. The Morgan fingerprint density at radius 1 is 1.08 bits per heavy atom. The standard InChI is InChI=1S/C19H19ClN4/c20-16-3-1-14(2-4-16)8-12-24-18-7-11-22-13-17(18)19(23-24)15-5-9-21-10-6-15/h1-6,9-10,22H,7-8,11-13H2. The van der Waals surface area contributed by atoms with E-state index in [4.69, 9.17) is 16.7 Å². The Morgan fingerprint density at radius 3 is 2.67 bits per heavy atom. The zero-order valence-corrected chi connectivity index (χ0v) is 14.1. The van der Waals surface area contributed by atoms with Crippen molar-refractivity contribution in [3.05, 3.63) is 70.6 Å². The number of rotatable bonds is 4. The molecule has 122 valence electrons. The molecular weight excluding hydrogens is 320 g/mol. The molecule has 0 saturated carbocycles. The normalized spacial score (nSPS) is 13.7. The Morgan fingerprint density at radius 2 is 1.88 bits per heavy atom. The van der Waals surface area contributed by atoms with Crippen molar-refractivity contribution in [3.8, 4) is 11.3 Å². The van der Waals surface area contributed by atoms with Gasteiger partial charge >= 0.3 is 0 Å². The first-order valence-corrected chi connectivity index (χ1v) is 8.63. The van der Waals surface area contributed by atoms with Gasteiger partial charge in [0.1, 0.15) is 0 Å². The topological polar surface area (TPSA) is 42.7 Å². The number of aromatic nitrogens is 3. The highest BCUT2D eigenvalue weighted by Gasteiger charge is 2.21. The average Bonchev–Trinajstić information content (AvgIpc) is 3.01. The minimum Gasteiger partial charge on any atom is -0.312 e. The molecular formula is C19H19ClN4. The third-order valence-corrected chi connectivity index (χ3v) is 4.74. The molecule has 0 saturated heterocycles. The number of pyridine rings is 1. The number of nitrogens with zero attached hydrogens (tertiary/aromatic N) is 3. The van der Waals surface area contributed by atoms with Crippen molar-refractivity contribution in [2.75, 3.05) is 6.54 Å². The lowest BCUT2D eigenvalue weighted by atomic mass is 10.0. The van der Waals surface area contributed by atoms with E-state index in [1.165, 1.54) is 16.8 Å². The van der Waals surface area contributed by atoms with Crippen LogP contribution in [0.5, 0.6) is 0 Å². The van der Waals surface area contributed by atoms with Gasteiger partial charge in [-0.25, -0.2) is 0 Å². The van der Waals surface area contributed by atoms with E-state index >= 15 is 0 Å². The molecule has 24 heavy (non-hydrogen) atoms. The van der Waals surface area contributed by atoms with Gasteiger partial charge in [0.05, 0.1) is 5.69 Å². The van der Waals surface area contributed by atoms with Crippen LogP contribution in [0, 0.1) is 0 Å². The van der Waals surface area contributed by atoms with E-state index in [1.54, 1.807) is 0 Å². The maximum absolute atomic E-state index is 5.97. The fourth-order valence-electron chi connectivity index (χ4n) is 3.23. The molecule has 0 fully saturated rings. The van der Waals surface area contributed by atoms with E-state index in [2.05, 4.69) is 27.1 Å². The van der Waals surface area contributed by atoms with Crippen LogP contribution in [0.25, 0.3) is 11.3 Å². The maximum Gasteiger partial charge on any atom is 0.0972 e. The summed E-state index contributed by atoms with van der Waals surface area (Å²) in [5.41, 5.74) is 6.17. The monoisotopic (exact) mass is 338 g/mol. The molecule has 1 aliphatic heterocycles. The number of halogens is 1. The van der Waals surface area contributed by atoms with Gasteiger partial charge in [0, 0.05) is 60.3 Å². The fraction of sp³-hybridized carbons (Fsp3) is 0.263. The number of aryl methyl sites for hydroxylation is 2. The number of nitrogens with one attached hydrogen (secondary N) is 1. The van der Waals surface area contributed by atoms with E-state index < -0.39 is 0 Å². The van der Waals surface area contributed by atoms with Gasteiger partial charge in [-0.1, -0.05) is 23.7 Å². The zero-order chi connectivity index (χ0) is 16.4. The molecule has 5 heteroatoms. The molecule has 0 aliphatic carbocycles. The first kappa shape index (κ1) is 15.4. The third kappa shape index (κ3) is 3.07. The van der Waals surface area contributed by atoms with E-state index in [1.807, 2.05) is 36.7 Å². The SMILES string of the molecule is Clc1ccc(CCn2nc(-c3ccncc3)c3c2CCNC3)cc1. The summed E-state index contributed by atoms with van der Waals surface area (Å²) in [5.74, 6) is 0. The second kappa shape index (κ2) is 6.75. The van der Waals surface area contributed by atoms with Gasteiger partial charge in [0.2, 0.25) is 0 Å². The van der Waals surface area contributed by atoms with E-state index in [0.29, 0.717) is 0 Å². The maximum atomic E-state index is 5.97. The summed E-state index contributed by atoms with van der Waals surface area (Å²) >= 11 is 5.97. The second-order valence-corrected chi connectivity index (χ2v) is 6.47. The average molecular weight is 339 g/mol. The lowest BCUT2D eigenvalue weighted by Gasteiger charge is -2.15. The Bertz CT molecular complexity index is 825. The molecule has 4 rings (SSSR count). The Hall–Kier alpha value is -2.17. The van der Waals surface area contributed by atoms with Crippen LogP contribution in [0.3, 0.4) is 0 Å². The highest BCUT2D eigenvalue weighted by Crippen LogP contribution is 2.27.